The number of ether oxygens (including phenoxy) is 2. The average Bonchev–Trinajstić information content (AvgIpc) is 2.61. The molecule has 0 aromatic heterocycles. The lowest BCUT2D eigenvalue weighted by molar-refractivity contribution is -0.393. The number of rotatable bonds is 8. The predicted molar refractivity (Wildman–Crippen MR) is 90.6 cm³/mol. The lowest BCUT2D eigenvalue weighted by Crippen LogP contribution is -2.04. The summed E-state index contributed by atoms with van der Waals surface area (Å²) in [5.74, 6) is -0.121. The van der Waals surface area contributed by atoms with Crippen LogP contribution in [-0.2, 0) is 0 Å². The maximum atomic E-state index is 12.4. The van der Waals surface area contributed by atoms with E-state index in [9.17, 15) is 29.0 Å². The number of alkyl halides is 2. The van der Waals surface area contributed by atoms with Gasteiger partial charge in [-0.15, -0.1) is 0 Å². The molecule has 0 bridgehead atoms. The zero-order chi connectivity index (χ0) is 20.0. The van der Waals surface area contributed by atoms with E-state index in [2.05, 4.69) is 15.3 Å². The number of hydrazone groups is 1. The van der Waals surface area contributed by atoms with Crippen LogP contribution in [-0.4, -0.2) is 29.8 Å². The lowest BCUT2D eigenvalue weighted by Gasteiger charge is -2.10. The Morgan fingerprint density at radius 3 is 2.44 bits per heavy atom. The fraction of sp³-hybridized carbons (Fsp3) is 0.133. The highest BCUT2D eigenvalue weighted by Crippen LogP contribution is 2.30. The topological polar surface area (TPSA) is 129 Å². The number of hydrogen-bond donors (Lipinski definition) is 1. The van der Waals surface area contributed by atoms with E-state index in [1.54, 1.807) is 0 Å². The molecule has 0 saturated heterocycles. The van der Waals surface area contributed by atoms with Gasteiger partial charge in [0.2, 0.25) is 0 Å². The summed E-state index contributed by atoms with van der Waals surface area (Å²) in [7, 11) is 1.29. The van der Waals surface area contributed by atoms with Gasteiger partial charge in [-0.3, -0.25) is 25.7 Å². The summed E-state index contributed by atoms with van der Waals surface area (Å²) in [5.41, 5.74) is 1.65. The summed E-state index contributed by atoms with van der Waals surface area (Å²) in [5, 5.41) is 25.5. The van der Waals surface area contributed by atoms with Crippen molar-refractivity contribution in [3.05, 3.63) is 62.2 Å². The molecular formula is C15H12F2N4O6. The molecule has 12 heteroatoms. The third kappa shape index (κ3) is 5.07. The molecule has 2 rings (SSSR count). The molecule has 2 aromatic carbocycles. The molecule has 0 spiro atoms. The van der Waals surface area contributed by atoms with E-state index in [0.717, 1.165) is 18.2 Å². The maximum Gasteiger partial charge on any atom is 0.387 e. The highest BCUT2D eigenvalue weighted by molar-refractivity contribution is 5.82. The van der Waals surface area contributed by atoms with E-state index in [1.165, 1.54) is 31.5 Å². The number of methoxy groups -OCH3 is 1. The summed E-state index contributed by atoms with van der Waals surface area (Å²) < 4.78 is 34.1. The van der Waals surface area contributed by atoms with Gasteiger partial charge < -0.3 is 9.47 Å². The van der Waals surface area contributed by atoms with Crippen LogP contribution in [0.4, 0.5) is 25.8 Å². The van der Waals surface area contributed by atoms with Crippen LogP contribution in [0.1, 0.15) is 5.56 Å². The van der Waals surface area contributed by atoms with Crippen molar-refractivity contribution in [2.24, 2.45) is 5.10 Å². The Morgan fingerprint density at radius 2 is 1.85 bits per heavy atom. The first-order valence-corrected chi connectivity index (χ1v) is 7.16. The fourth-order valence-electron chi connectivity index (χ4n) is 2.02. The second-order valence-electron chi connectivity index (χ2n) is 4.87. The van der Waals surface area contributed by atoms with E-state index in [0.29, 0.717) is 5.56 Å². The molecule has 0 saturated carbocycles. The molecule has 0 aliphatic rings. The second-order valence-corrected chi connectivity index (χ2v) is 4.87. The van der Waals surface area contributed by atoms with Gasteiger partial charge in [-0.25, -0.2) is 0 Å². The van der Waals surface area contributed by atoms with Gasteiger partial charge in [-0.2, -0.15) is 13.9 Å². The first-order chi connectivity index (χ1) is 12.8. The first kappa shape index (κ1) is 19.5. The van der Waals surface area contributed by atoms with Crippen molar-refractivity contribution in [1.29, 1.82) is 0 Å². The molecule has 0 atom stereocenters. The van der Waals surface area contributed by atoms with Crippen LogP contribution >= 0.6 is 0 Å². The molecule has 0 fully saturated rings. The van der Waals surface area contributed by atoms with Crippen molar-refractivity contribution in [1.82, 2.24) is 0 Å². The highest BCUT2D eigenvalue weighted by atomic mass is 19.3. The smallest absolute Gasteiger partial charge is 0.387 e. The van der Waals surface area contributed by atoms with Gasteiger partial charge in [0.15, 0.2) is 11.5 Å². The quantitative estimate of drug-likeness (QED) is 0.420. The standard InChI is InChI=1S/C15H12F2N4O6/c1-26-13-5-2-9(6-14(13)27-15(16)17)8-18-19-11-4-3-10(20(22)23)7-12(11)21(24)25/h2-8,15,19H,1H3/b18-8-. The molecule has 142 valence electrons. The summed E-state index contributed by atoms with van der Waals surface area (Å²) in [4.78, 5) is 20.2. The summed E-state index contributed by atoms with van der Waals surface area (Å²) in [6.45, 7) is -3.05. The van der Waals surface area contributed by atoms with Gasteiger partial charge in [0, 0.05) is 6.07 Å². The number of non-ortho nitro benzene ring substituents is 1. The maximum absolute atomic E-state index is 12.4. The molecule has 0 aliphatic carbocycles. The number of nitro benzene ring substituents is 2. The minimum atomic E-state index is -3.05. The lowest BCUT2D eigenvalue weighted by atomic mass is 10.2. The Balaban J connectivity index is 2.22. The van der Waals surface area contributed by atoms with Crippen LogP contribution in [0.2, 0.25) is 0 Å². The number of benzene rings is 2. The monoisotopic (exact) mass is 382 g/mol. The van der Waals surface area contributed by atoms with Crippen LogP contribution in [0.15, 0.2) is 41.5 Å². The van der Waals surface area contributed by atoms with E-state index in [4.69, 9.17) is 4.74 Å². The fourth-order valence-corrected chi connectivity index (χ4v) is 2.02. The molecule has 0 amide bonds. The van der Waals surface area contributed by atoms with E-state index < -0.39 is 27.8 Å². The molecule has 2 aromatic rings. The number of nitro groups is 2. The van der Waals surface area contributed by atoms with Crippen molar-refractivity contribution < 1.29 is 28.1 Å². The van der Waals surface area contributed by atoms with Gasteiger partial charge in [0.05, 0.1) is 29.2 Å². The Bertz CT molecular complexity index is 891. The molecular weight excluding hydrogens is 370 g/mol. The summed E-state index contributed by atoms with van der Waals surface area (Å²) in [6.07, 6.45) is 1.20. The van der Waals surface area contributed by atoms with Gasteiger partial charge in [-0.1, -0.05) is 0 Å². The Labute approximate surface area is 150 Å². The summed E-state index contributed by atoms with van der Waals surface area (Å²) in [6, 6.07) is 7.11. The molecule has 0 unspecified atom stereocenters. The molecule has 10 nitrogen and oxygen atoms in total. The third-order valence-electron chi connectivity index (χ3n) is 3.19. The van der Waals surface area contributed by atoms with Gasteiger partial charge in [-0.05, 0) is 29.8 Å². The second kappa shape index (κ2) is 8.51. The number of nitrogens with one attached hydrogen (secondary N) is 1. The van der Waals surface area contributed by atoms with Crippen molar-refractivity contribution in [2.75, 3.05) is 12.5 Å². The average molecular weight is 382 g/mol. The SMILES string of the molecule is COc1ccc(/C=N\Nc2ccc([N+](=O)[O-])cc2[N+](=O)[O-])cc1OC(F)F. The minimum Gasteiger partial charge on any atom is -0.493 e. The van der Waals surface area contributed by atoms with Crippen molar-refractivity contribution in [2.45, 2.75) is 6.61 Å². The van der Waals surface area contributed by atoms with Gasteiger partial charge in [0.1, 0.15) is 5.69 Å². The Morgan fingerprint density at radius 1 is 1.11 bits per heavy atom. The third-order valence-corrected chi connectivity index (χ3v) is 3.19. The van der Waals surface area contributed by atoms with Crippen LogP contribution < -0.4 is 14.9 Å². The Hall–Kier alpha value is -3.83. The molecule has 27 heavy (non-hydrogen) atoms. The predicted octanol–water partition coefficient (Wildman–Crippen LogP) is 3.56. The van der Waals surface area contributed by atoms with E-state index in [1.807, 2.05) is 0 Å². The highest BCUT2D eigenvalue weighted by Gasteiger charge is 2.19. The van der Waals surface area contributed by atoms with E-state index in [-0.39, 0.29) is 17.2 Å². The minimum absolute atomic E-state index is 0.0839. The molecule has 0 aliphatic heterocycles. The number of halogens is 2. The molecule has 0 radical (unpaired) electrons. The van der Waals surface area contributed by atoms with Crippen LogP contribution in [0.3, 0.4) is 0 Å². The number of anilines is 1. The van der Waals surface area contributed by atoms with Crippen molar-refractivity contribution in [3.8, 4) is 11.5 Å². The summed E-state index contributed by atoms with van der Waals surface area (Å²) >= 11 is 0. The van der Waals surface area contributed by atoms with Crippen molar-refractivity contribution >= 4 is 23.3 Å². The van der Waals surface area contributed by atoms with Crippen LogP contribution in [0.25, 0.3) is 0 Å². The van der Waals surface area contributed by atoms with Crippen LogP contribution in [0, 0.1) is 20.2 Å². The van der Waals surface area contributed by atoms with Crippen LogP contribution in [0.5, 0.6) is 11.5 Å². The van der Waals surface area contributed by atoms with E-state index >= 15 is 0 Å². The molecule has 0 heterocycles. The zero-order valence-corrected chi connectivity index (χ0v) is 13.7. The normalized spacial score (nSPS) is 10.8. The molecule has 1 N–H and O–H groups in total. The first-order valence-electron chi connectivity index (χ1n) is 7.16. The number of nitrogens with zero attached hydrogens (tertiary/aromatic N) is 3. The van der Waals surface area contributed by atoms with Crippen molar-refractivity contribution in [3.63, 3.8) is 0 Å². The number of hydrogen-bond acceptors (Lipinski definition) is 8. The Kier molecular flexibility index (Phi) is 6.14. The van der Waals surface area contributed by atoms with Gasteiger partial charge in [0.25, 0.3) is 5.69 Å². The zero-order valence-electron chi connectivity index (χ0n) is 13.7. The largest absolute Gasteiger partial charge is 0.493 e. The van der Waals surface area contributed by atoms with Gasteiger partial charge >= 0.3 is 12.3 Å².